The average molecular weight is 231 g/mol. The van der Waals surface area contributed by atoms with Crippen LogP contribution in [0.2, 0.25) is 0 Å². The van der Waals surface area contributed by atoms with E-state index >= 15 is 0 Å². The molecule has 0 saturated carbocycles. The van der Waals surface area contributed by atoms with E-state index < -0.39 is 4.92 Å². The molecule has 0 amide bonds. The van der Waals surface area contributed by atoms with Crippen molar-refractivity contribution >= 4 is 5.69 Å². The molecular weight excluding hydrogens is 222 g/mol. The van der Waals surface area contributed by atoms with Crippen LogP contribution in [0, 0.1) is 17.0 Å². The van der Waals surface area contributed by atoms with Gasteiger partial charge >= 0.3 is 6.01 Å². The van der Waals surface area contributed by atoms with Crippen LogP contribution in [0.5, 0.6) is 11.8 Å². The molecule has 0 radical (unpaired) electrons. The van der Waals surface area contributed by atoms with Crippen LogP contribution in [0.25, 0.3) is 0 Å². The second-order valence-electron chi connectivity index (χ2n) is 3.34. The van der Waals surface area contributed by atoms with E-state index in [0.29, 0.717) is 11.3 Å². The lowest BCUT2D eigenvalue weighted by molar-refractivity contribution is -0.385. The quantitative estimate of drug-likeness (QED) is 0.599. The van der Waals surface area contributed by atoms with Gasteiger partial charge in [0.1, 0.15) is 5.75 Å². The molecule has 0 aliphatic rings. The van der Waals surface area contributed by atoms with Crippen molar-refractivity contribution in [2.75, 3.05) is 0 Å². The topological polar surface area (TPSA) is 78.2 Å². The Bertz CT molecular complexity index is 543. The molecule has 0 fully saturated rings. The summed E-state index contributed by atoms with van der Waals surface area (Å²) in [6.07, 6.45) is 3.07. The van der Waals surface area contributed by atoms with E-state index in [1.165, 1.54) is 18.5 Å². The molecule has 2 aromatic rings. The van der Waals surface area contributed by atoms with Gasteiger partial charge in [-0.1, -0.05) is 0 Å². The highest BCUT2D eigenvalue weighted by molar-refractivity contribution is 5.45. The van der Waals surface area contributed by atoms with E-state index in [0.717, 1.165) is 0 Å². The molecule has 1 aromatic carbocycles. The molecule has 0 aliphatic heterocycles. The fraction of sp³-hybridized carbons (Fsp3) is 0.0909. The molecule has 0 spiro atoms. The van der Waals surface area contributed by atoms with Crippen molar-refractivity contribution in [1.82, 2.24) is 9.97 Å². The predicted octanol–water partition coefficient (Wildman–Crippen LogP) is 2.49. The first-order valence-electron chi connectivity index (χ1n) is 4.87. The summed E-state index contributed by atoms with van der Waals surface area (Å²) in [5.74, 6) is 0.341. The van der Waals surface area contributed by atoms with Gasteiger partial charge in [0.15, 0.2) is 0 Å². The van der Waals surface area contributed by atoms with E-state index in [2.05, 4.69) is 9.97 Å². The Kier molecular flexibility index (Phi) is 2.95. The van der Waals surface area contributed by atoms with E-state index in [4.69, 9.17) is 4.74 Å². The number of nitrogens with zero attached hydrogens (tertiary/aromatic N) is 3. The second kappa shape index (κ2) is 4.56. The maximum atomic E-state index is 10.7. The minimum Gasteiger partial charge on any atom is -0.424 e. The van der Waals surface area contributed by atoms with Crippen LogP contribution in [0.15, 0.2) is 36.7 Å². The highest BCUT2D eigenvalue weighted by Crippen LogP contribution is 2.26. The molecule has 1 aromatic heterocycles. The minimum atomic E-state index is -0.450. The van der Waals surface area contributed by atoms with Crippen molar-refractivity contribution in [3.8, 4) is 11.8 Å². The fourth-order valence-electron chi connectivity index (χ4n) is 1.29. The molecule has 2 rings (SSSR count). The van der Waals surface area contributed by atoms with Crippen LogP contribution in [0.3, 0.4) is 0 Å². The smallest absolute Gasteiger partial charge is 0.321 e. The summed E-state index contributed by atoms with van der Waals surface area (Å²) in [5.41, 5.74) is 0.592. The summed E-state index contributed by atoms with van der Waals surface area (Å²) in [7, 11) is 0. The van der Waals surface area contributed by atoms with Crippen LogP contribution in [-0.2, 0) is 0 Å². The Morgan fingerprint density at radius 3 is 2.65 bits per heavy atom. The molecular formula is C11H9N3O3. The van der Waals surface area contributed by atoms with Gasteiger partial charge in [-0.3, -0.25) is 10.1 Å². The van der Waals surface area contributed by atoms with Gasteiger partial charge in [-0.05, 0) is 25.1 Å². The summed E-state index contributed by atoms with van der Waals surface area (Å²) >= 11 is 0. The number of nitro benzene ring substituents is 1. The molecule has 0 N–H and O–H groups in total. The summed E-state index contributed by atoms with van der Waals surface area (Å²) < 4.78 is 5.30. The lowest BCUT2D eigenvalue weighted by atomic mass is 10.2. The molecule has 1 heterocycles. The largest absolute Gasteiger partial charge is 0.424 e. The van der Waals surface area contributed by atoms with E-state index in [-0.39, 0.29) is 11.7 Å². The monoisotopic (exact) mass is 231 g/mol. The van der Waals surface area contributed by atoms with Gasteiger partial charge in [-0.2, -0.15) is 0 Å². The highest BCUT2D eigenvalue weighted by atomic mass is 16.6. The molecule has 0 saturated heterocycles. The number of nitro groups is 1. The summed E-state index contributed by atoms with van der Waals surface area (Å²) in [6, 6.07) is 6.43. The Labute approximate surface area is 97.1 Å². The van der Waals surface area contributed by atoms with Crippen molar-refractivity contribution < 1.29 is 9.66 Å². The van der Waals surface area contributed by atoms with Gasteiger partial charge in [0.25, 0.3) is 5.69 Å². The number of aromatic nitrogens is 2. The Hall–Kier alpha value is -2.50. The number of hydrogen-bond acceptors (Lipinski definition) is 5. The zero-order chi connectivity index (χ0) is 12.3. The maximum Gasteiger partial charge on any atom is 0.321 e. The van der Waals surface area contributed by atoms with Crippen LogP contribution < -0.4 is 4.74 Å². The second-order valence-corrected chi connectivity index (χ2v) is 3.34. The van der Waals surface area contributed by atoms with Crippen molar-refractivity contribution in [2.45, 2.75) is 6.92 Å². The molecule has 17 heavy (non-hydrogen) atoms. The highest BCUT2D eigenvalue weighted by Gasteiger charge is 2.12. The Balaban J connectivity index is 2.29. The number of ether oxygens (including phenoxy) is 1. The maximum absolute atomic E-state index is 10.7. The Morgan fingerprint density at radius 1 is 1.29 bits per heavy atom. The first-order chi connectivity index (χ1) is 8.16. The van der Waals surface area contributed by atoms with Gasteiger partial charge in [-0.15, -0.1) is 0 Å². The zero-order valence-electron chi connectivity index (χ0n) is 9.03. The van der Waals surface area contributed by atoms with Crippen LogP contribution >= 0.6 is 0 Å². The average Bonchev–Trinajstić information content (AvgIpc) is 2.32. The van der Waals surface area contributed by atoms with Gasteiger partial charge < -0.3 is 4.74 Å². The lowest BCUT2D eigenvalue weighted by Gasteiger charge is -2.03. The number of benzene rings is 1. The number of rotatable bonds is 3. The van der Waals surface area contributed by atoms with Crippen LogP contribution in [-0.4, -0.2) is 14.9 Å². The molecule has 0 bridgehead atoms. The summed E-state index contributed by atoms with van der Waals surface area (Å²) in [6.45, 7) is 1.67. The van der Waals surface area contributed by atoms with E-state index in [1.807, 2.05) is 0 Å². The third-order valence-electron chi connectivity index (χ3n) is 2.13. The van der Waals surface area contributed by atoms with Crippen molar-refractivity contribution in [1.29, 1.82) is 0 Å². The molecule has 86 valence electrons. The number of hydrogen-bond donors (Lipinski definition) is 0. The van der Waals surface area contributed by atoms with Crippen LogP contribution in [0.1, 0.15) is 5.56 Å². The lowest BCUT2D eigenvalue weighted by Crippen LogP contribution is -1.94. The fourth-order valence-corrected chi connectivity index (χ4v) is 1.29. The van der Waals surface area contributed by atoms with Gasteiger partial charge in [0.05, 0.1) is 11.0 Å². The van der Waals surface area contributed by atoms with E-state index in [1.54, 1.807) is 25.1 Å². The third-order valence-corrected chi connectivity index (χ3v) is 2.13. The van der Waals surface area contributed by atoms with Gasteiger partial charge in [-0.25, -0.2) is 9.97 Å². The van der Waals surface area contributed by atoms with Crippen molar-refractivity contribution in [2.24, 2.45) is 0 Å². The predicted molar refractivity (Wildman–Crippen MR) is 59.9 cm³/mol. The van der Waals surface area contributed by atoms with Gasteiger partial charge in [0, 0.05) is 18.0 Å². The molecule has 0 aliphatic carbocycles. The molecule has 6 heteroatoms. The number of aryl methyl sites for hydroxylation is 1. The minimum absolute atomic E-state index is 0.0124. The first-order valence-corrected chi connectivity index (χ1v) is 4.87. The van der Waals surface area contributed by atoms with Crippen LogP contribution in [0.4, 0.5) is 5.69 Å². The SMILES string of the molecule is Cc1ccc(Oc2ncccn2)cc1[N+](=O)[O-]. The summed E-state index contributed by atoms with van der Waals surface area (Å²) in [4.78, 5) is 18.0. The Morgan fingerprint density at radius 2 is 2.00 bits per heavy atom. The van der Waals surface area contributed by atoms with Crippen molar-refractivity contribution in [3.63, 3.8) is 0 Å². The van der Waals surface area contributed by atoms with Crippen molar-refractivity contribution in [3.05, 3.63) is 52.3 Å². The molecule has 6 nitrogen and oxygen atoms in total. The summed E-state index contributed by atoms with van der Waals surface area (Å²) in [5, 5.41) is 10.7. The zero-order valence-corrected chi connectivity index (χ0v) is 9.03. The molecule has 0 unspecified atom stereocenters. The normalized spacial score (nSPS) is 9.94. The molecule has 0 atom stereocenters. The first kappa shape index (κ1) is 11.0. The van der Waals surface area contributed by atoms with Gasteiger partial charge in [0.2, 0.25) is 0 Å². The standard InChI is InChI=1S/C11H9N3O3/c1-8-3-4-9(7-10(8)14(15)16)17-11-12-5-2-6-13-11/h2-7H,1H3. The third kappa shape index (κ3) is 2.54. The van der Waals surface area contributed by atoms with E-state index in [9.17, 15) is 10.1 Å².